The number of aliphatic hydroxyl groups excluding tert-OH is 1. The molecular formula is C20H23NO7. The summed E-state index contributed by atoms with van der Waals surface area (Å²) in [5.74, 6) is 2.16. The number of furan rings is 1. The van der Waals surface area contributed by atoms with Crippen molar-refractivity contribution < 1.29 is 33.3 Å². The molecule has 1 fully saturated rings. The molecule has 2 aliphatic rings. The fourth-order valence-electron chi connectivity index (χ4n) is 3.45. The van der Waals surface area contributed by atoms with Crippen LogP contribution >= 0.6 is 0 Å². The second kappa shape index (κ2) is 8.12. The Hall–Kier alpha value is -2.71. The van der Waals surface area contributed by atoms with Gasteiger partial charge in [0.15, 0.2) is 11.5 Å². The van der Waals surface area contributed by atoms with Crippen molar-refractivity contribution in [2.75, 3.05) is 33.4 Å². The van der Waals surface area contributed by atoms with Crippen LogP contribution < -0.4 is 14.2 Å². The second-order valence-corrected chi connectivity index (χ2v) is 6.79. The van der Waals surface area contributed by atoms with Gasteiger partial charge in [-0.05, 0) is 30.7 Å². The van der Waals surface area contributed by atoms with Gasteiger partial charge in [-0.1, -0.05) is 6.07 Å². The Balaban J connectivity index is 1.35. The first-order valence-electron chi connectivity index (χ1n) is 9.27. The number of hydrogen-bond acceptors (Lipinski definition) is 8. The van der Waals surface area contributed by atoms with Gasteiger partial charge in [-0.3, -0.25) is 4.90 Å². The van der Waals surface area contributed by atoms with Gasteiger partial charge in [-0.2, -0.15) is 0 Å². The van der Waals surface area contributed by atoms with Gasteiger partial charge in [0.2, 0.25) is 11.5 Å². The first kappa shape index (κ1) is 18.6. The maximum Gasteiger partial charge on any atom is 0.373 e. The van der Waals surface area contributed by atoms with Crippen LogP contribution in [0.2, 0.25) is 0 Å². The monoisotopic (exact) mass is 389 g/mol. The molecule has 0 unspecified atom stereocenters. The molecule has 1 N–H and O–H groups in total. The molecule has 2 atom stereocenters. The Kier molecular flexibility index (Phi) is 5.40. The number of likely N-dealkylation sites (tertiary alicyclic amines) is 1. The van der Waals surface area contributed by atoms with Gasteiger partial charge < -0.3 is 28.5 Å². The number of nitrogens with zero attached hydrogens (tertiary/aromatic N) is 1. The van der Waals surface area contributed by atoms with Crippen molar-refractivity contribution in [2.45, 2.75) is 25.2 Å². The zero-order valence-electron chi connectivity index (χ0n) is 15.6. The van der Waals surface area contributed by atoms with Crippen LogP contribution in [-0.2, 0) is 11.3 Å². The molecule has 28 heavy (non-hydrogen) atoms. The number of carbonyl (C=O) groups is 1. The molecule has 0 aliphatic carbocycles. The highest BCUT2D eigenvalue weighted by molar-refractivity contribution is 5.86. The molecule has 0 spiro atoms. The van der Waals surface area contributed by atoms with Crippen molar-refractivity contribution in [3.8, 4) is 17.2 Å². The zero-order valence-corrected chi connectivity index (χ0v) is 15.6. The second-order valence-electron chi connectivity index (χ2n) is 6.79. The van der Waals surface area contributed by atoms with Crippen molar-refractivity contribution in [3.63, 3.8) is 0 Å². The molecule has 0 radical (unpaired) electrons. The predicted octanol–water partition coefficient (Wildman–Crippen LogP) is 1.85. The minimum absolute atomic E-state index is 0.173. The Labute approximate surface area is 162 Å². The number of benzene rings is 1. The smallest absolute Gasteiger partial charge is 0.373 e. The van der Waals surface area contributed by atoms with Gasteiger partial charge >= 0.3 is 5.97 Å². The zero-order chi connectivity index (χ0) is 19.5. The van der Waals surface area contributed by atoms with Gasteiger partial charge in [0.05, 0.1) is 13.7 Å². The van der Waals surface area contributed by atoms with Gasteiger partial charge in [0.25, 0.3) is 0 Å². The Morgan fingerprint density at radius 2 is 2.11 bits per heavy atom. The number of aliphatic hydroxyl groups is 1. The molecule has 0 saturated carbocycles. The normalized spacial score (nSPS) is 21.9. The summed E-state index contributed by atoms with van der Waals surface area (Å²) in [7, 11) is 1.31. The van der Waals surface area contributed by atoms with Crippen LogP contribution in [0.1, 0.15) is 22.7 Å². The maximum atomic E-state index is 11.5. The Morgan fingerprint density at radius 1 is 1.25 bits per heavy atom. The van der Waals surface area contributed by atoms with Crippen LogP contribution in [0.3, 0.4) is 0 Å². The van der Waals surface area contributed by atoms with E-state index >= 15 is 0 Å². The summed E-state index contributed by atoms with van der Waals surface area (Å²) in [4.78, 5) is 13.5. The van der Waals surface area contributed by atoms with Gasteiger partial charge in [-0.15, -0.1) is 0 Å². The minimum atomic E-state index is -0.663. The SMILES string of the molecule is COC(=O)c1ccc(CN2CC[C@@H](Oc3cccc4c3OCCO4)[C@H](O)C2)o1. The molecule has 1 aromatic carbocycles. The molecule has 150 valence electrons. The maximum absolute atomic E-state index is 11.5. The molecule has 3 heterocycles. The summed E-state index contributed by atoms with van der Waals surface area (Å²) in [6.45, 7) is 2.65. The van der Waals surface area contributed by atoms with Crippen molar-refractivity contribution in [3.05, 3.63) is 41.9 Å². The van der Waals surface area contributed by atoms with Gasteiger partial charge in [0.1, 0.15) is 31.2 Å². The Bertz CT molecular complexity index is 834. The average Bonchev–Trinajstić information content (AvgIpc) is 3.18. The number of piperidine rings is 1. The molecular weight excluding hydrogens is 366 g/mol. The summed E-state index contributed by atoms with van der Waals surface area (Å²) in [5, 5.41) is 10.6. The summed E-state index contributed by atoms with van der Waals surface area (Å²) in [6.07, 6.45) is -0.351. The number of ether oxygens (including phenoxy) is 4. The van der Waals surface area contributed by atoms with Crippen LogP contribution in [0.15, 0.2) is 34.7 Å². The molecule has 8 heteroatoms. The van der Waals surface area contributed by atoms with Gasteiger partial charge in [-0.25, -0.2) is 4.79 Å². The summed E-state index contributed by atoms with van der Waals surface area (Å²) in [5.41, 5.74) is 0. The van der Waals surface area contributed by atoms with Crippen molar-refractivity contribution >= 4 is 5.97 Å². The van der Waals surface area contributed by atoms with E-state index in [4.69, 9.17) is 18.6 Å². The molecule has 2 aliphatic heterocycles. The fraction of sp³-hybridized carbons (Fsp3) is 0.450. The number of esters is 1. The summed E-state index contributed by atoms with van der Waals surface area (Å²) < 4.78 is 27.4. The molecule has 1 saturated heterocycles. The quantitative estimate of drug-likeness (QED) is 0.775. The van der Waals surface area contributed by atoms with Crippen LogP contribution in [0.5, 0.6) is 17.2 Å². The molecule has 0 bridgehead atoms. The summed E-state index contributed by atoms with van der Waals surface area (Å²) >= 11 is 0. The standard InChI is InChI=1S/C20H23NO7/c1-24-20(23)18-6-5-13(27-18)11-21-8-7-15(14(22)12-21)28-17-4-2-3-16-19(17)26-10-9-25-16/h2-6,14-15,22H,7-12H2,1H3/t14-,15-/m1/s1. The number of para-hydroxylation sites is 1. The highest BCUT2D eigenvalue weighted by Gasteiger charge is 2.31. The number of rotatable bonds is 5. The number of fused-ring (bicyclic) bond motifs is 1. The van der Waals surface area contributed by atoms with E-state index in [1.807, 2.05) is 18.2 Å². The first-order valence-corrected chi connectivity index (χ1v) is 9.27. The topological polar surface area (TPSA) is 90.6 Å². The van der Waals surface area contributed by atoms with E-state index in [1.165, 1.54) is 7.11 Å². The number of β-amino-alcohol motifs (C(OH)–C–C–N with tert-alkyl or cyclic N) is 1. The fourth-order valence-corrected chi connectivity index (χ4v) is 3.45. The average molecular weight is 389 g/mol. The first-order chi connectivity index (χ1) is 13.6. The highest BCUT2D eigenvalue weighted by Crippen LogP contribution is 2.40. The van der Waals surface area contributed by atoms with E-state index in [1.54, 1.807) is 12.1 Å². The third-order valence-electron chi connectivity index (χ3n) is 4.84. The largest absolute Gasteiger partial charge is 0.486 e. The van der Waals surface area contributed by atoms with E-state index < -0.39 is 12.1 Å². The number of methoxy groups -OCH3 is 1. The predicted molar refractivity (Wildman–Crippen MR) is 97.8 cm³/mol. The molecule has 0 amide bonds. The molecule has 4 rings (SSSR count). The lowest BCUT2D eigenvalue weighted by Gasteiger charge is -2.36. The van der Waals surface area contributed by atoms with Crippen molar-refractivity contribution in [2.24, 2.45) is 0 Å². The highest BCUT2D eigenvalue weighted by atomic mass is 16.6. The lowest BCUT2D eigenvalue weighted by molar-refractivity contribution is -0.0305. The van der Waals surface area contributed by atoms with Crippen LogP contribution in [0.25, 0.3) is 0 Å². The van der Waals surface area contributed by atoms with Crippen LogP contribution in [0, 0.1) is 0 Å². The van der Waals surface area contributed by atoms with Gasteiger partial charge in [0, 0.05) is 13.1 Å². The minimum Gasteiger partial charge on any atom is -0.486 e. The van der Waals surface area contributed by atoms with E-state index in [9.17, 15) is 9.90 Å². The van der Waals surface area contributed by atoms with Crippen molar-refractivity contribution in [1.82, 2.24) is 4.90 Å². The molecule has 8 nitrogen and oxygen atoms in total. The lowest BCUT2D eigenvalue weighted by atomic mass is 10.0. The number of carbonyl (C=O) groups excluding carboxylic acids is 1. The van der Waals surface area contributed by atoms with E-state index in [0.29, 0.717) is 55.7 Å². The Morgan fingerprint density at radius 3 is 2.93 bits per heavy atom. The summed E-state index contributed by atoms with van der Waals surface area (Å²) in [6, 6.07) is 8.85. The van der Waals surface area contributed by atoms with E-state index in [2.05, 4.69) is 9.64 Å². The van der Waals surface area contributed by atoms with E-state index in [-0.39, 0.29) is 11.9 Å². The van der Waals surface area contributed by atoms with Crippen LogP contribution in [0.4, 0.5) is 0 Å². The third-order valence-corrected chi connectivity index (χ3v) is 4.84. The lowest BCUT2D eigenvalue weighted by Crippen LogP contribution is -2.48. The van der Waals surface area contributed by atoms with Crippen molar-refractivity contribution in [1.29, 1.82) is 0 Å². The van der Waals surface area contributed by atoms with E-state index in [0.717, 1.165) is 6.54 Å². The molecule has 2 aromatic rings. The third kappa shape index (κ3) is 3.93. The molecule has 1 aromatic heterocycles. The van der Waals surface area contributed by atoms with Crippen LogP contribution in [-0.4, -0.2) is 61.6 Å². The number of hydrogen-bond donors (Lipinski definition) is 1.